The lowest BCUT2D eigenvalue weighted by molar-refractivity contribution is 0.0528. The van der Waals surface area contributed by atoms with Crippen LogP contribution in [0.25, 0.3) is 0 Å². The van der Waals surface area contributed by atoms with Crippen molar-refractivity contribution in [3.8, 4) is 12.1 Å². The van der Waals surface area contributed by atoms with Crippen molar-refractivity contribution in [3.05, 3.63) is 28.3 Å². The van der Waals surface area contributed by atoms with Crippen LogP contribution in [0.2, 0.25) is 0 Å². The molecule has 0 unspecified atom stereocenters. The molecule has 0 fully saturated rings. The minimum Gasteiger partial charge on any atom is -0.462 e. The predicted molar refractivity (Wildman–Crippen MR) is 72.6 cm³/mol. The fraction of sp³-hybridized carbons (Fsp3) is 0.308. The summed E-state index contributed by atoms with van der Waals surface area (Å²) in [5, 5.41) is 20.7. The highest BCUT2D eigenvalue weighted by molar-refractivity contribution is 7.16. The minimum atomic E-state index is -0.412. The SMILES string of the molecule is CCOC(=O)c1cc(CC)sc1NC=C(C#N)C#N. The Kier molecular flexibility index (Phi) is 5.59. The summed E-state index contributed by atoms with van der Waals surface area (Å²) in [7, 11) is 0. The second kappa shape index (κ2) is 7.20. The van der Waals surface area contributed by atoms with Gasteiger partial charge in [-0.1, -0.05) is 6.92 Å². The molecule has 0 spiro atoms. The number of nitrogens with one attached hydrogen (secondary N) is 1. The Bertz CT molecular complexity index is 560. The van der Waals surface area contributed by atoms with Crippen LogP contribution in [0.3, 0.4) is 0 Å². The Hall–Kier alpha value is -2.31. The highest BCUT2D eigenvalue weighted by atomic mass is 32.1. The van der Waals surface area contributed by atoms with E-state index in [1.54, 1.807) is 25.1 Å². The first-order valence-corrected chi connectivity index (χ1v) is 6.54. The van der Waals surface area contributed by atoms with Gasteiger partial charge in [-0.25, -0.2) is 4.79 Å². The fourth-order valence-electron chi connectivity index (χ4n) is 1.31. The molecule has 5 nitrogen and oxygen atoms in total. The van der Waals surface area contributed by atoms with Crippen molar-refractivity contribution >= 4 is 22.3 Å². The Balaban J connectivity index is 3.03. The number of carbonyl (C=O) groups excluding carboxylic acids is 1. The number of thiophene rings is 1. The van der Waals surface area contributed by atoms with Crippen molar-refractivity contribution < 1.29 is 9.53 Å². The number of esters is 1. The maximum atomic E-state index is 11.8. The number of allylic oxidation sites excluding steroid dienone is 1. The van der Waals surface area contributed by atoms with Crippen molar-refractivity contribution in [3.63, 3.8) is 0 Å². The molecule has 0 saturated heterocycles. The molecule has 1 aromatic rings. The number of nitrogens with zero attached hydrogens (tertiary/aromatic N) is 2. The molecule has 19 heavy (non-hydrogen) atoms. The van der Waals surface area contributed by atoms with Crippen LogP contribution >= 0.6 is 11.3 Å². The molecule has 1 heterocycles. The maximum absolute atomic E-state index is 11.8. The van der Waals surface area contributed by atoms with Crippen molar-refractivity contribution in [2.24, 2.45) is 0 Å². The van der Waals surface area contributed by atoms with Gasteiger partial charge in [0.2, 0.25) is 0 Å². The number of carbonyl (C=O) groups is 1. The highest BCUT2D eigenvalue weighted by Gasteiger charge is 2.16. The largest absolute Gasteiger partial charge is 0.462 e. The van der Waals surface area contributed by atoms with Crippen LogP contribution in [0.4, 0.5) is 5.00 Å². The van der Waals surface area contributed by atoms with Crippen molar-refractivity contribution in [1.82, 2.24) is 0 Å². The second-order valence-electron chi connectivity index (χ2n) is 3.46. The first kappa shape index (κ1) is 14.7. The number of ether oxygens (including phenoxy) is 1. The lowest BCUT2D eigenvalue weighted by Gasteiger charge is -2.02. The summed E-state index contributed by atoms with van der Waals surface area (Å²) in [6, 6.07) is 5.25. The summed E-state index contributed by atoms with van der Waals surface area (Å²) in [6.07, 6.45) is 2.08. The average molecular weight is 275 g/mol. The monoisotopic (exact) mass is 275 g/mol. The van der Waals surface area contributed by atoms with E-state index in [0.29, 0.717) is 17.2 Å². The predicted octanol–water partition coefficient (Wildman–Crippen LogP) is 2.83. The van der Waals surface area contributed by atoms with E-state index in [0.717, 1.165) is 11.3 Å². The molecule has 0 atom stereocenters. The fourth-order valence-corrected chi connectivity index (χ4v) is 2.26. The lowest BCUT2D eigenvalue weighted by Crippen LogP contribution is -2.05. The van der Waals surface area contributed by atoms with Gasteiger partial charge in [-0.2, -0.15) is 10.5 Å². The molecule has 0 amide bonds. The molecule has 0 aliphatic rings. The normalized spacial score (nSPS) is 9.05. The maximum Gasteiger partial charge on any atom is 0.341 e. The van der Waals surface area contributed by atoms with Gasteiger partial charge in [-0.3, -0.25) is 0 Å². The summed E-state index contributed by atoms with van der Waals surface area (Å²) in [6.45, 7) is 4.02. The van der Waals surface area contributed by atoms with Crippen LogP contribution in [-0.2, 0) is 11.2 Å². The van der Waals surface area contributed by atoms with Gasteiger partial charge in [0, 0.05) is 11.1 Å². The number of aryl methyl sites for hydroxylation is 1. The highest BCUT2D eigenvalue weighted by Crippen LogP contribution is 2.29. The van der Waals surface area contributed by atoms with E-state index in [9.17, 15) is 4.79 Å². The third-order valence-electron chi connectivity index (χ3n) is 2.22. The first-order valence-electron chi connectivity index (χ1n) is 5.72. The molecule has 0 aliphatic carbocycles. The molecule has 1 aromatic heterocycles. The molecule has 0 aliphatic heterocycles. The topological polar surface area (TPSA) is 85.9 Å². The van der Waals surface area contributed by atoms with E-state index < -0.39 is 5.97 Å². The molecule has 1 rings (SSSR count). The van der Waals surface area contributed by atoms with Gasteiger partial charge in [0.25, 0.3) is 0 Å². The van der Waals surface area contributed by atoms with E-state index >= 15 is 0 Å². The van der Waals surface area contributed by atoms with Crippen LogP contribution in [-0.4, -0.2) is 12.6 Å². The van der Waals surface area contributed by atoms with Gasteiger partial charge in [0.1, 0.15) is 22.7 Å². The summed E-state index contributed by atoms with van der Waals surface area (Å²) in [5.41, 5.74) is 0.372. The molecular formula is C13H13N3O2S. The third kappa shape index (κ3) is 3.84. The molecule has 0 saturated carbocycles. The Labute approximate surface area is 115 Å². The zero-order valence-corrected chi connectivity index (χ0v) is 11.5. The average Bonchev–Trinajstić information content (AvgIpc) is 2.83. The zero-order chi connectivity index (χ0) is 14.3. The van der Waals surface area contributed by atoms with Crippen LogP contribution in [0.1, 0.15) is 29.1 Å². The number of hydrogen-bond donors (Lipinski definition) is 1. The molecule has 0 radical (unpaired) electrons. The summed E-state index contributed by atoms with van der Waals surface area (Å²) in [5.74, 6) is -0.412. The van der Waals surface area contributed by atoms with Crippen LogP contribution in [0.5, 0.6) is 0 Å². The Morgan fingerprint density at radius 2 is 2.16 bits per heavy atom. The smallest absolute Gasteiger partial charge is 0.341 e. The Morgan fingerprint density at radius 1 is 1.47 bits per heavy atom. The van der Waals surface area contributed by atoms with E-state index in [-0.39, 0.29) is 5.57 Å². The molecule has 6 heteroatoms. The molecule has 0 bridgehead atoms. The van der Waals surface area contributed by atoms with Crippen LogP contribution in [0, 0.1) is 22.7 Å². The van der Waals surface area contributed by atoms with Gasteiger partial charge in [0.05, 0.1) is 12.2 Å². The van der Waals surface area contributed by atoms with Gasteiger partial charge in [-0.05, 0) is 19.4 Å². The molecule has 0 aromatic carbocycles. The van der Waals surface area contributed by atoms with Gasteiger partial charge >= 0.3 is 5.97 Å². The van der Waals surface area contributed by atoms with Gasteiger partial charge in [0.15, 0.2) is 0 Å². The van der Waals surface area contributed by atoms with E-state index in [1.807, 2.05) is 6.92 Å². The Morgan fingerprint density at radius 3 is 2.68 bits per heavy atom. The van der Waals surface area contributed by atoms with Gasteiger partial charge in [-0.15, -0.1) is 11.3 Å². The summed E-state index contributed by atoms with van der Waals surface area (Å²) >= 11 is 1.40. The molecular weight excluding hydrogens is 262 g/mol. The second-order valence-corrected chi connectivity index (χ2v) is 4.59. The number of hydrogen-bond acceptors (Lipinski definition) is 6. The van der Waals surface area contributed by atoms with E-state index in [2.05, 4.69) is 5.32 Å². The number of rotatable bonds is 5. The van der Waals surface area contributed by atoms with E-state index in [1.165, 1.54) is 17.5 Å². The van der Waals surface area contributed by atoms with Crippen LogP contribution in [0.15, 0.2) is 17.8 Å². The number of nitriles is 2. The van der Waals surface area contributed by atoms with E-state index in [4.69, 9.17) is 15.3 Å². The van der Waals surface area contributed by atoms with Crippen molar-refractivity contribution in [1.29, 1.82) is 10.5 Å². The number of anilines is 1. The third-order valence-corrected chi connectivity index (χ3v) is 3.43. The minimum absolute atomic E-state index is 0.0544. The first-order chi connectivity index (χ1) is 9.15. The quantitative estimate of drug-likeness (QED) is 0.659. The molecule has 98 valence electrons. The summed E-state index contributed by atoms with van der Waals surface area (Å²) < 4.78 is 4.96. The zero-order valence-electron chi connectivity index (χ0n) is 10.7. The van der Waals surface area contributed by atoms with Crippen molar-refractivity contribution in [2.45, 2.75) is 20.3 Å². The standard InChI is InChI=1S/C13H13N3O2S/c1-3-10-5-11(13(17)18-4-2)12(19-10)16-8-9(6-14)7-15/h5,8,16H,3-4H2,1-2H3. The van der Waals surface area contributed by atoms with Gasteiger partial charge < -0.3 is 10.1 Å². The van der Waals surface area contributed by atoms with Crippen LogP contribution < -0.4 is 5.32 Å². The van der Waals surface area contributed by atoms with Crippen molar-refractivity contribution in [2.75, 3.05) is 11.9 Å². The lowest BCUT2D eigenvalue weighted by atomic mass is 10.2. The summed E-state index contributed by atoms with van der Waals surface area (Å²) in [4.78, 5) is 12.8. The molecule has 1 N–H and O–H groups in total.